The van der Waals surface area contributed by atoms with Crippen molar-refractivity contribution in [2.75, 3.05) is 13.1 Å². The Balaban J connectivity index is 1.66. The Morgan fingerprint density at radius 2 is 1.70 bits per heavy atom. The topological polar surface area (TPSA) is 55.1 Å². The maximum Gasteiger partial charge on any atom is 0.220 e. The molecule has 0 bridgehead atoms. The van der Waals surface area contributed by atoms with Crippen LogP contribution in [-0.2, 0) is 4.79 Å². The number of rotatable bonds is 6. The first-order valence-corrected chi connectivity index (χ1v) is 8.71. The largest absolute Gasteiger partial charge is 0.356 e. The summed E-state index contributed by atoms with van der Waals surface area (Å²) >= 11 is 0. The molecule has 0 spiro atoms. The van der Waals surface area contributed by atoms with Gasteiger partial charge in [-0.25, -0.2) is 0 Å². The van der Waals surface area contributed by atoms with Gasteiger partial charge in [0.05, 0.1) is 0 Å². The normalized spacial score (nSPS) is 23.4. The van der Waals surface area contributed by atoms with Crippen LogP contribution < -0.4 is 11.1 Å². The predicted octanol–water partition coefficient (Wildman–Crippen LogP) is 3.37. The Morgan fingerprint density at radius 3 is 2.35 bits per heavy atom. The molecule has 0 radical (unpaired) electrons. The van der Waals surface area contributed by atoms with Gasteiger partial charge in [0.25, 0.3) is 0 Å². The van der Waals surface area contributed by atoms with Crippen LogP contribution in [0.5, 0.6) is 0 Å². The van der Waals surface area contributed by atoms with E-state index in [1.807, 2.05) is 0 Å². The van der Waals surface area contributed by atoms with Crippen LogP contribution in [0.1, 0.15) is 77.0 Å². The SMILES string of the molecule is NCC1(CC(=O)NCCC2CCCCC2)CCCCC1. The highest BCUT2D eigenvalue weighted by Gasteiger charge is 2.32. The van der Waals surface area contributed by atoms with E-state index in [0.717, 1.165) is 25.3 Å². The number of nitrogens with one attached hydrogen (secondary N) is 1. The van der Waals surface area contributed by atoms with E-state index in [2.05, 4.69) is 5.32 Å². The summed E-state index contributed by atoms with van der Waals surface area (Å²) < 4.78 is 0. The van der Waals surface area contributed by atoms with Crippen LogP contribution in [0.4, 0.5) is 0 Å². The number of carbonyl (C=O) groups is 1. The fourth-order valence-electron chi connectivity index (χ4n) is 4.05. The van der Waals surface area contributed by atoms with Crippen molar-refractivity contribution >= 4 is 5.91 Å². The molecular weight excluding hydrogens is 248 g/mol. The Bertz CT molecular complexity index is 291. The van der Waals surface area contributed by atoms with E-state index in [4.69, 9.17) is 5.73 Å². The third-order valence-electron chi connectivity index (χ3n) is 5.48. The van der Waals surface area contributed by atoms with Crippen LogP contribution in [0.15, 0.2) is 0 Å². The lowest BCUT2D eigenvalue weighted by atomic mass is 9.71. The molecule has 3 heteroatoms. The van der Waals surface area contributed by atoms with Gasteiger partial charge in [-0.05, 0) is 37.1 Å². The van der Waals surface area contributed by atoms with Crippen molar-refractivity contribution in [1.82, 2.24) is 5.32 Å². The van der Waals surface area contributed by atoms with Gasteiger partial charge in [0, 0.05) is 13.0 Å². The summed E-state index contributed by atoms with van der Waals surface area (Å²) in [5.74, 6) is 1.08. The molecule has 0 atom stereocenters. The van der Waals surface area contributed by atoms with Crippen molar-refractivity contribution in [3.63, 3.8) is 0 Å². The second-order valence-corrected chi connectivity index (χ2v) is 7.08. The number of carbonyl (C=O) groups excluding carboxylic acids is 1. The molecule has 0 aliphatic heterocycles. The maximum atomic E-state index is 12.2. The zero-order valence-electron chi connectivity index (χ0n) is 13.0. The molecule has 2 aliphatic rings. The molecule has 0 aromatic heterocycles. The average molecular weight is 280 g/mol. The van der Waals surface area contributed by atoms with Gasteiger partial charge in [-0.15, -0.1) is 0 Å². The minimum Gasteiger partial charge on any atom is -0.356 e. The summed E-state index contributed by atoms with van der Waals surface area (Å²) in [4.78, 5) is 12.2. The lowest BCUT2D eigenvalue weighted by Crippen LogP contribution is -2.39. The molecule has 2 fully saturated rings. The monoisotopic (exact) mass is 280 g/mol. The van der Waals surface area contributed by atoms with E-state index in [1.165, 1.54) is 57.8 Å². The van der Waals surface area contributed by atoms with E-state index in [0.29, 0.717) is 13.0 Å². The van der Waals surface area contributed by atoms with Gasteiger partial charge in [-0.1, -0.05) is 51.4 Å². The van der Waals surface area contributed by atoms with Crippen LogP contribution in [0.25, 0.3) is 0 Å². The molecule has 2 saturated carbocycles. The summed E-state index contributed by atoms with van der Waals surface area (Å²) in [7, 11) is 0. The number of hydrogen-bond donors (Lipinski definition) is 2. The van der Waals surface area contributed by atoms with Gasteiger partial charge >= 0.3 is 0 Å². The van der Waals surface area contributed by atoms with E-state index in [1.54, 1.807) is 0 Å². The Kier molecular flexibility index (Phi) is 6.34. The molecule has 3 nitrogen and oxygen atoms in total. The minimum absolute atomic E-state index is 0.104. The van der Waals surface area contributed by atoms with Gasteiger partial charge in [-0.3, -0.25) is 4.79 Å². The highest BCUT2D eigenvalue weighted by Crippen LogP contribution is 2.38. The Morgan fingerprint density at radius 1 is 1.05 bits per heavy atom. The lowest BCUT2D eigenvalue weighted by molar-refractivity contribution is -0.123. The van der Waals surface area contributed by atoms with Gasteiger partial charge in [0.2, 0.25) is 5.91 Å². The van der Waals surface area contributed by atoms with Crippen molar-refractivity contribution in [2.24, 2.45) is 17.1 Å². The van der Waals surface area contributed by atoms with Crippen molar-refractivity contribution in [1.29, 1.82) is 0 Å². The second kappa shape index (κ2) is 8.02. The molecule has 116 valence electrons. The number of nitrogens with two attached hydrogens (primary N) is 1. The first-order chi connectivity index (χ1) is 9.74. The zero-order valence-corrected chi connectivity index (χ0v) is 13.0. The molecule has 0 unspecified atom stereocenters. The van der Waals surface area contributed by atoms with Crippen LogP contribution in [0, 0.1) is 11.3 Å². The molecular formula is C17H32N2O. The summed E-state index contributed by atoms with van der Waals surface area (Å²) in [6.07, 6.45) is 14.8. The third kappa shape index (κ3) is 4.76. The van der Waals surface area contributed by atoms with Crippen LogP contribution in [0.2, 0.25) is 0 Å². The van der Waals surface area contributed by atoms with E-state index < -0.39 is 0 Å². The van der Waals surface area contributed by atoms with Gasteiger partial charge in [0.1, 0.15) is 0 Å². The minimum atomic E-state index is 0.104. The molecule has 2 aliphatic carbocycles. The van der Waals surface area contributed by atoms with Crippen LogP contribution >= 0.6 is 0 Å². The van der Waals surface area contributed by atoms with Crippen molar-refractivity contribution < 1.29 is 4.79 Å². The number of amides is 1. The Labute approximate surface area is 124 Å². The third-order valence-corrected chi connectivity index (χ3v) is 5.48. The summed E-state index contributed by atoms with van der Waals surface area (Å²) in [6.45, 7) is 1.53. The van der Waals surface area contributed by atoms with Crippen molar-refractivity contribution in [3.8, 4) is 0 Å². The van der Waals surface area contributed by atoms with Crippen molar-refractivity contribution in [2.45, 2.75) is 77.0 Å². The molecule has 2 rings (SSSR count). The molecule has 0 aromatic rings. The maximum absolute atomic E-state index is 12.2. The summed E-state index contributed by atoms with van der Waals surface area (Å²) in [5.41, 5.74) is 6.06. The molecule has 20 heavy (non-hydrogen) atoms. The lowest BCUT2D eigenvalue weighted by Gasteiger charge is -2.35. The smallest absolute Gasteiger partial charge is 0.220 e. The van der Waals surface area contributed by atoms with E-state index in [9.17, 15) is 4.79 Å². The van der Waals surface area contributed by atoms with Crippen LogP contribution in [-0.4, -0.2) is 19.0 Å². The highest BCUT2D eigenvalue weighted by molar-refractivity contribution is 5.76. The first-order valence-electron chi connectivity index (χ1n) is 8.71. The highest BCUT2D eigenvalue weighted by atomic mass is 16.1. The number of hydrogen-bond acceptors (Lipinski definition) is 2. The zero-order chi connectivity index (χ0) is 14.3. The summed E-state index contributed by atoms with van der Waals surface area (Å²) in [6, 6.07) is 0. The van der Waals surface area contributed by atoms with Crippen LogP contribution in [0.3, 0.4) is 0 Å². The van der Waals surface area contributed by atoms with Crippen molar-refractivity contribution in [3.05, 3.63) is 0 Å². The molecule has 0 aromatic carbocycles. The fourth-order valence-corrected chi connectivity index (χ4v) is 4.05. The first kappa shape index (κ1) is 15.8. The molecule has 3 N–H and O–H groups in total. The van der Waals surface area contributed by atoms with E-state index >= 15 is 0 Å². The predicted molar refractivity (Wildman–Crippen MR) is 83.4 cm³/mol. The molecule has 0 saturated heterocycles. The average Bonchev–Trinajstić information content (AvgIpc) is 2.49. The second-order valence-electron chi connectivity index (χ2n) is 7.08. The van der Waals surface area contributed by atoms with Gasteiger partial charge < -0.3 is 11.1 Å². The van der Waals surface area contributed by atoms with Gasteiger partial charge in [0.15, 0.2) is 0 Å². The van der Waals surface area contributed by atoms with E-state index in [-0.39, 0.29) is 11.3 Å². The quantitative estimate of drug-likeness (QED) is 0.783. The summed E-state index contributed by atoms with van der Waals surface area (Å²) in [5, 5.41) is 3.14. The molecule has 1 amide bonds. The standard InChI is InChI=1S/C17H32N2O/c18-14-17(10-5-2-6-11-17)13-16(20)19-12-9-15-7-3-1-4-8-15/h15H,1-14,18H2,(H,19,20). The fraction of sp³-hybridized carbons (Fsp3) is 0.941. The van der Waals surface area contributed by atoms with Gasteiger partial charge in [-0.2, -0.15) is 0 Å². The Hall–Kier alpha value is -0.570. The molecule has 0 heterocycles.